The van der Waals surface area contributed by atoms with Gasteiger partial charge in [-0.1, -0.05) is 24.3 Å². The molecule has 4 heteroatoms. The molecule has 3 nitrogen and oxygen atoms in total. The van der Waals surface area contributed by atoms with E-state index in [9.17, 15) is 4.79 Å². The van der Waals surface area contributed by atoms with Gasteiger partial charge in [-0.15, -0.1) is 11.3 Å². The molecular formula is C12H12N2OS. The third-order valence-corrected chi connectivity index (χ3v) is 3.29. The van der Waals surface area contributed by atoms with Crippen molar-refractivity contribution in [3.63, 3.8) is 0 Å². The smallest absolute Gasteiger partial charge is 0.213 e. The normalized spacial score (nSPS) is 10.1. The maximum absolute atomic E-state index is 10.3. The summed E-state index contributed by atoms with van der Waals surface area (Å²) in [7, 11) is 0. The van der Waals surface area contributed by atoms with Crippen LogP contribution >= 0.6 is 11.3 Å². The van der Waals surface area contributed by atoms with Crippen LogP contribution < -0.4 is 5.32 Å². The number of aryl methyl sites for hydroxylation is 1. The summed E-state index contributed by atoms with van der Waals surface area (Å²) >= 11 is 1.51. The Kier molecular flexibility index (Phi) is 3.31. The molecule has 2 aromatic rings. The number of carbonyl (C=O) groups is 1. The first-order chi connectivity index (χ1) is 7.79. The molecule has 1 N–H and O–H groups in total. The van der Waals surface area contributed by atoms with Gasteiger partial charge in [0.1, 0.15) is 0 Å². The van der Waals surface area contributed by atoms with Crippen molar-refractivity contribution in [2.45, 2.75) is 13.3 Å². The number of nitrogens with zero attached hydrogens (tertiary/aromatic N) is 1. The van der Waals surface area contributed by atoms with E-state index in [4.69, 9.17) is 0 Å². The van der Waals surface area contributed by atoms with Gasteiger partial charge in [-0.25, -0.2) is 4.98 Å². The summed E-state index contributed by atoms with van der Waals surface area (Å²) in [5.74, 6) is 0. The van der Waals surface area contributed by atoms with Crippen LogP contribution in [0.5, 0.6) is 0 Å². The maximum atomic E-state index is 10.3. The number of carbonyl (C=O) groups excluding carboxylic acids is 1. The Balaban J connectivity index is 2.14. The predicted octanol–water partition coefficient (Wildman–Crippen LogP) is 2.61. The molecular weight excluding hydrogens is 220 g/mol. The van der Waals surface area contributed by atoms with E-state index in [1.165, 1.54) is 22.5 Å². The van der Waals surface area contributed by atoms with Crippen molar-refractivity contribution in [2.75, 3.05) is 5.32 Å². The summed E-state index contributed by atoms with van der Waals surface area (Å²) < 4.78 is 0. The average molecular weight is 232 g/mol. The van der Waals surface area contributed by atoms with Gasteiger partial charge in [0, 0.05) is 17.5 Å². The largest absolute Gasteiger partial charge is 0.305 e. The van der Waals surface area contributed by atoms with Gasteiger partial charge in [0.2, 0.25) is 6.41 Å². The van der Waals surface area contributed by atoms with Crippen molar-refractivity contribution in [3.8, 4) is 0 Å². The molecule has 0 atom stereocenters. The SMILES string of the molecule is Cc1ccccc1Cc1cnc(NC=O)s1. The Labute approximate surface area is 98.2 Å². The van der Waals surface area contributed by atoms with Gasteiger partial charge in [0.25, 0.3) is 0 Å². The zero-order valence-electron chi connectivity index (χ0n) is 8.93. The van der Waals surface area contributed by atoms with Crippen LogP contribution in [0.3, 0.4) is 0 Å². The second-order valence-electron chi connectivity index (χ2n) is 3.50. The summed E-state index contributed by atoms with van der Waals surface area (Å²) in [6.07, 6.45) is 3.32. The lowest BCUT2D eigenvalue weighted by Gasteiger charge is -2.02. The molecule has 82 valence electrons. The molecule has 0 saturated carbocycles. The molecule has 0 aliphatic carbocycles. The highest BCUT2D eigenvalue weighted by molar-refractivity contribution is 7.15. The van der Waals surface area contributed by atoms with E-state index in [2.05, 4.69) is 29.4 Å². The van der Waals surface area contributed by atoms with Crippen LogP contribution in [0.25, 0.3) is 0 Å². The Morgan fingerprint density at radius 1 is 1.44 bits per heavy atom. The number of benzene rings is 1. The summed E-state index contributed by atoms with van der Waals surface area (Å²) in [5.41, 5.74) is 2.57. The van der Waals surface area contributed by atoms with Gasteiger partial charge < -0.3 is 5.32 Å². The molecule has 0 bridgehead atoms. The van der Waals surface area contributed by atoms with Gasteiger partial charge in [0.05, 0.1) is 0 Å². The van der Waals surface area contributed by atoms with Crippen molar-refractivity contribution in [1.29, 1.82) is 0 Å². The van der Waals surface area contributed by atoms with E-state index < -0.39 is 0 Å². The van der Waals surface area contributed by atoms with Gasteiger partial charge in [-0.05, 0) is 18.1 Å². The Hall–Kier alpha value is -1.68. The Morgan fingerprint density at radius 2 is 2.25 bits per heavy atom. The van der Waals surface area contributed by atoms with Crippen LogP contribution in [0.1, 0.15) is 16.0 Å². The minimum Gasteiger partial charge on any atom is -0.305 e. The van der Waals surface area contributed by atoms with Gasteiger partial charge in [-0.2, -0.15) is 0 Å². The third-order valence-electron chi connectivity index (χ3n) is 2.36. The molecule has 0 aliphatic heterocycles. The molecule has 1 aromatic heterocycles. The molecule has 0 fully saturated rings. The lowest BCUT2D eigenvalue weighted by Crippen LogP contribution is -1.90. The van der Waals surface area contributed by atoms with E-state index in [1.54, 1.807) is 0 Å². The van der Waals surface area contributed by atoms with Crippen LogP contribution in [0, 0.1) is 6.92 Å². The minimum atomic E-state index is 0.649. The molecule has 1 heterocycles. The van der Waals surface area contributed by atoms with E-state index in [-0.39, 0.29) is 0 Å². The second kappa shape index (κ2) is 4.90. The molecule has 1 aromatic carbocycles. The number of amides is 1. The predicted molar refractivity (Wildman–Crippen MR) is 65.8 cm³/mol. The first kappa shape index (κ1) is 10.8. The monoisotopic (exact) mass is 232 g/mol. The highest BCUT2D eigenvalue weighted by atomic mass is 32.1. The van der Waals surface area contributed by atoms with Crippen LogP contribution in [-0.4, -0.2) is 11.4 Å². The molecule has 2 rings (SSSR count). The topological polar surface area (TPSA) is 42.0 Å². The number of rotatable bonds is 4. The number of hydrogen-bond acceptors (Lipinski definition) is 3. The van der Waals surface area contributed by atoms with Gasteiger partial charge in [0.15, 0.2) is 5.13 Å². The second-order valence-corrected chi connectivity index (χ2v) is 4.61. The molecule has 0 radical (unpaired) electrons. The molecule has 1 amide bonds. The molecule has 0 unspecified atom stereocenters. The first-order valence-corrected chi connectivity index (χ1v) is 5.80. The van der Waals surface area contributed by atoms with E-state index >= 15 is 0 Å². The lowest BCUT2D eigenvalue weighted by molar-refractivity contribution is -0.105. The number of thiazole rings is 1. The summed E-state index contributed by atoms with van der Waals surface area (Å²) in [5, 5.41) is 3.21. The quantitative estimate of drug-likeness (QED) is 0.823. The van der Waals surface area contributed by atoms with Crippen molar-refractivity contribution in [2.24, 2.45) is 0 Å². The van der Waals surface area contributed by atoms with Crippen molar-refractivity contribution < 1.29 is 4.79 Å². The van der Waals surface area contributed by atoms with Crippen LogP contribution in [0.15, 0.2) is 30.5 Å². The van der Waals surface area contributed by atoms with Gasteiger partial charge >= 0.3 is 0 Å². The minimum absolute atomic E-state index is 0.649. The number of nitrogens with one attached hydrogen (secondary N) is 1. The number of aromatic nitrogens is 1. The first-order valence-electron chi connectivity index (χ1n) is 4.99. The molecule has 16 heavy (non-hydrogen) atoms. The third kappa shape index (κ3) is 2.46. The highest BCUT2D eigenvalue weighted by Crippen LogP contribution is 2.21. The van der Waals surface area contributed by atoms with Crippen molar-refractivity contribution in [1.82, 2.24) is 4.98 Å². The number of hydrogen-bond donors (Lipinski definition) is 1. The number of anilines is 1. The van der Waals surface area contributed by atoms with E-state index in [0.29, 0.717) is 11.5 Å². The fourth-order valence-electron chi connectivity index (χ4n) is 1.50. The standard InChI is InChI=1S/C12H12N2OS/c1-9-4-2-3-5-10(9)6-11-7-13-12(16-11)14-8-15/h2-5,7-8H,6H2,1H3,(H,13,14,15). The summed E-state index contributed by atoms with van der Waals surface area (Å²) in [6, 6.07) is 8.28. The fourth-order valence-corrected chi connectivity index (χ4v) is 2.30. The van der Waals surface area contributed by atoms with Gasteiger partial charge in [-0.3, -0.25) is 4.79 Å². The molecule has 0 aliphatic rings. The van der Waals surface area contributed by atoms with Crippen molar-refractivity contribution >= 4 is 22.9 Å². The zero-order chi connectivity index (χ0) is 11.4. The maximum Gasteiger partial charge on any atom is 0.213 e. The molecule has 0 saturated heterocycles. The fraction of sp³-hybridized carbons (Fsp3) is 0.167. The summed E-state index contributed by atoms with van der Waals surface area (Å²) in [4.78, 5) is 15.5. The van der Waals surface area contributed by atoms with Crippen LogP contribution in [-0.2, 0) is 11.2 Å². The Bertz CT molecular complexity index is 493. The molecule has 0 spiro atoms. The van der Waals surface area contributed by atoms with Crippen LogP contribution in [0.4, 0.5) is 5.13 Å². The van der Waals surface area contributed by atoms with Crippen molar-refractivity contribution in [3.05, 3.63) is 46.5 Å². The van der Waals surface area contributed by atoms with E-state index in [0.717, 1.165) is 11.3 Å². The highest BCUT2D eigenvalue weighted by Gasteiger charge is 2.03. The summed E-state index contributed by atoms with van der Waals surface area (Å²) in [6.45, 7) is 2.10. The zero-order valence-corrected chi connectivity index (χ0v) is 9.75. The Morgan fingerprint density at radius 3 is 3.00 bits per heavy atom. The average Bonchev–Trinajstić information content (AvgIpc) is 2.70. The lowest BCUT2D eigenvalue weighted by atomic mass is 10.1. The van der Waals surface area contributed by atoms with Crippen LogP contribution in [0.2, 0.25) is 0 Å². The van der Waals surface area contributed by atoms with E-state index in [1.807, 2.05) is 18.3 Å².